The summed E-state index contributed by atoms with van der Waals surface area (Å²) in [6.07, 6.45) is 3.28. The Hall–Kier alpha value is -2.80. The van der Waals surface area contributed by atoms with E-state index < -0.39 is 0 Å². The summed E-state index contributed by atoms with van der Waals surface area (Å²) in [6.45, 7) is 4.11. The summed E-state index contributed by atoms with van der Waals surface area (Å²) in [7, 11) is 3.85. The van der Waals surface area contributed by atoms with Gasteiger partial charge in [-0.3, -0.25) is 0 Å². The second-order valence-corrected chi connectivity index (χ2v) is 6.17. The standard InChI is InChI=1S/C18H21N5O2/c1-22-6-8-23(9-7-22)15-4-3-13(11-16(15)24-2)20-18-19-12-17-14(21-18)5-10-25-17/h3-5,10-12H,6-9H2,1-2H3,(H,19,20,21). The Balaban J connectivity index is 1.56. The number of fused-ring (bicyclic) bond motifs is 1. The molecule has 0 radical (unpaired) electrons. The minimum absolute atomic E-state index is 0.531. The van der Waals surface area contributed by atoms with Crippen molar-refractivity contribution in [2.75, 3.05) is 50.6 Å². The molecule has 130 valence electrons. The first kappa shape index (κ1) is 15.7. The highest BCUT2D eigenvalue weighted by Crippen LogP contribution is 2.32. The van der Waals surface area contributed by atoms with Gasteiger partial charge >= 0.3 is 0 Å². The first-order valence-electron chi connectivity index (χ1n) is 8.32. The van der Waals surface area contributed by atoms with Crippen LogP contribution in [0.15, 0.2) is 41.1 Å². The highest BCUT2D eigenvalue weighted by molar-refractivity contribution is 5.74. The van der Waals surface area contributed by atoms with Crippen molar-refractivity contribution in [2.24, 2.45) is 0 Å². The summed E-state index contributed by atoms with van der Waals surface area (Å²) in [4.78, 5) is 13.4. The van der Waals surface area contributed by atoms with Crippen molar-refractivity contribution >= 4 is 28.4 Å². The van der Waals surface area contributed by atoms with Crippen molar-refractivity contribution in [3.63, 3.8) is 0 Å². The zero-order chi connectivity index (χ0) is 17.2. The van der Waals surface area contributed by atoms with Gasteiger partial charge in [0.1, 0.15) is 11.3 Å². The maximum absolute atomic E-state index is 5.61. The third kappa shape index (κ3) is 3.23. The summed E-state index contributed by atoms with van der Waals surface area (Å²) < 4.78 is 10.9. The number of benzene rings is 1. The van der Waals surface area contributed by atoms with Crippen LogP contribution in [0.4, 0.5) is 17.3 Å². The Morgan fingerprint density at radius 2 is 2.00 bits per heavy atom. The van der Waals surface area contributed by atoms with Gasteiger partial charge in [0.2, 0.25) is 5.95 Å². The highest BCUT2D eigenvalue weighted by Gasteiger charge is 2.18. The lowest BCUT2D eigenvalue weighted by Gasteiger charge is -2.34. The van der Waals surface area contributed by atoms with E-state index in [1.54, 1.807) is 19.6 Å². The zero-order valence-corrected chi connectivity index (χ0v) is 14.4. The average molecular weight is 339 g/mol. The van der Waals surface area contributed by atoms with Gasteiger partial charge in [-0.1, -0.05) is 0 Å². The van der Waals surface area contributed by atoms with Crippen LogP contribution in [0.2, 0.25) is 0 Å². The molecule has 7 nitrogen and oxygen atoms in total. The molecular weight excluding hydrogens is 318 g/mol. The lowest BCUT2D eigenvalue weighted by molar-refractivity contribution is 0.311. The molecule has 3 aromatic rings. The number of anilines is 3. The Morgan fingerprint density at radius 1 is 1.16 bits per heavy atom. The van der Waals surface area contributed by atoms with Gasteiger partial charge in [-0.25, -0.2) is 9.97 Å². The number of aromatic nitrogens is 2. The molecule has 0 atom stereocenters. The molecular formula is C18H21N5O2. The normalized spacial score (nSPS) is 15.5. The maximum atomic E-state index is 5.61. The average Bonchev–Trinajstić information content (AvgIpc) is 3.10. The zero-order valence-electron chi connectivity index (χ0n) is 14.4. The van der Waals surface area contributed by atoms with Crippen LogP contribution in [0.5, 0.6) is 5.75 Å². The summed E-state index contributed by atoms with van der Waals surface area (Å²) >= 11 is 0. The van der Waals surface area contributed by atoms with Crippen LogP contribution >= 0.6 is 0 Å². The molecule has 0 aliphatic carbocycles. The van der Waals surface area contributed by atoms with Gasteiger partial charge in [-0.2, -0.15) is 0 Å². The van der Waals surface area contributed by atoms with E-state index in [4.69, 9.17) is 9.15 Å². The Labute approximate surface area is 146 Å². The third-order valence-electron chi connectivity index (χ3n) is 4.48. The molecule has 0 saturated carbocycles. The van der Waals surface area contributed by atoms with Gasteiger partial charge in [0.15, 0.2) is 5.58 Å². The largest absolute Gasteiger partial charge is 0.495 e. The van der Waals surface area contributed by atoms with Crippen molar-refractivity contribution < 1.29 is 9.15 Å². The summed E-state index contributed by atoms with van der Waals surface area (Å²) in [5, 5.41) is 3.23. The van der Waals surface area contributed by atoms with E-state index in [0.29, 0.717) is 11.5 Å². The number of furan rings is 1. The number of hydrogen-bond donors (Lipinski definition) is 1. The number of ether oxygens (including phenoxy) is 1. The number of nitrogens with one attached hydrogen (secondary N) is 1. The number of likely N-dealkylation sites (N-methyl/N-ethyl adjacent to an activating group) is 1. The lowest BCUT2D eigenvalue weighted by atomic mass is 10.2. The van der Waals surface area contributed by atoms with E-state index in [1.807, 2.05) is 18.2 Å². The Kier molecular flexibility index (Phi) is 4.15. The molecule has 2 aromatic heterocycles. The molecule has 0 unspecified atom stereocenters. The molecule has 7 heteroatoms. The monoisotopic (exact) mass is 339 g/mol. The molecule has 1 saturated heterocycles. The smallest absolute Gasteiger partial charge is 0.227 e. The van der Waals surface area contributed by atoms with Crippen molar-refractivity contribution in [3.8, 4) is 5.75 Å². The molecule has 1 fully saturated rings. The highest BCUT2D eigenvalue weighted by atomic mass is 16.5. The van der Waals surface area contributed by atoms with Crippen LogP contribution in [0.25, 0.3) is 11.1 Å². The van der Waals surface area contributed by atoms with Gasteiger partial charge in [0, 0.05) is 44.0 Å². The summed E-state index contributed by atoms with van der Waals surface area (Å²) in [5.74, 6) is 1.38. The fraction of sp³-hybridized carbons (Fsp3) is 0.333. The summed E-state index contributed by atoms with van der Waals surface area (Å²) in [5.41, 5.74) is 3.46. The lowest BCUT2D eigenvalue weighted by Crippen LogP contribution is -2.44. The van der Waals surface area contributed by atoms with Crippen LogP contribution in [-0.4, -0.2) is 55.2 Å². The molecule has 25 heavy (non-hydrogen) atoms. The van der Waals surface area contributed by atoms with Gasteiger partial charge in [-0.05, 0) is 19.2 Å². The minimum atomic E-state index is 0.531. The number of methoxy groups -OCH3 is 1. The van der Waals surface area contributed by atoms with Crippen molar-refractivity contribution in [3.05, 3.63) is 36.7 Å². The van der Waals surface area contributed by atoms with Crippen molar-refractivity contribution in [2.45, 2.75) is 0 Å². The molecule has 1 aromatic carbocycles. The van der Waals surface area contributed by atoms with Crippen LogP contribution in [0.3, 0.4) is 0 Å². The van der Waals surface area contributed by atoms with E-state index in [9.17, 15) is 0 Å². The maximum Gasteiger partial charge on any atom is 0.227 e. The molecule has 0 bridgehead atoms. The molecule has 0 spiro atoms. The molecule has 3 heterocycles. The first-order valence-corrected chi connectivity index (χ1v) is 8.32. The second-order valence-electron chi connectivity index (χ2n) is 6.17. The Bertz CT molecular complexity index is 871. The predicted molar refractivity (Wildman–Crippen MR) is 97.8 cm³/mol. The summed E-state index contributed by atoms with van der Waals surface area (Å²) in [6, 6.07) is 7.91. The van der Waals surface area contributed by atoms with Crippen LogP contribution in [-0.2, 0) is 0 Å². The van der Waals surface area contributed by atoms with Crippen LogP contribution in [0, 0.1) is 0 Å². The van der Waals surface area contributed by atoms with E-state index in [0.717, 1.165) is 48.8 Å². The Morgan fingerprint density at radius 3 is 2.80 bits per heavy atom. The first-order chi connectivity index (χ1) is 12.2. The van der Waals surface area contributed by atoms with Crippen molar-refractivity contribution in [1.82, 2.24) is 14.9 Å². The van der Waals surface area contributed by atoms with E-state index in [2.05, 4.69) is 38.2 Å². The fourth-order valence-electron chi connectivity index (χ4n) is 3.02. The predicted octanol–water partition coefficient (Wildman–Crippen LogP) is 2.73. The van der Waals surface area contributed by atoms with Crippen LogP contribution in [0.1, 0.15) is 0 Å². The molecule has 1 aliphatic heterocycles. The van der Waals surface area contributed by atoms with E-state index in [1.165, 1.54) is 0 Å². The van der Waals surface area contributed by atoms with Gasteiger partial charge in [-0.15, -0.1) is 0 Å². The minimum Gasteiger partial charge on any atom is -0.495 e. The molecule has 0 amide bonds. The van der Waals surface area contributed by atoms with E-state index in [-0.39, 0.29) is 0 Å². The number of nitrogens with zero attached hydrogens (tertiary/aromatic N) is 4. The molecule has 1 N–H and O–H groups in total. The van der Waals surface area contributed by atoms with Gasteiger partial charge in [0.25, 0.3) is 0 Å². The molecule has 4 rings (SSSR count). The third-order valence-corrected chi connectivity index (χ3v) is 4.48. The van der Waals surface area contributed by atoms with Gasteiger partial charge in [0.05, 0.1) is 25.3 Å². The number of hydrogen-bond acceptors (Lipinski definition) is 7. The number of piperazine rings is 1. The second kappa shape index (κ2) is 6.60. The van der Waals surface area contributed by atoms with Crippen LogP contribution < -0.4 is 15.0 Å². The van der Waals surface area contributed by atoms with Crippen molar-refractivity contribution in [1.29, 1.82) is 0 Å². The quantitative estimate of drug-likeness (QED) is 0.784. The van der Waals surface area contributed by atoms with E-state index >= 15 is 0 Å². The fourth-order valence-corrected chi connectivity index (χ4v) is 3.02. The topological polar surface area (TPSA) is 66.7 Å². The number of rotatable bonds is 4. The molecule has 1 aliphatic rings. The SMILES string of the molecule is COc1cc(Nc2ncc3occc3n2)ccc1N1CCN(C)CC1. The van der Waals surface area contributed by atoms with Gasteiger partial charge < -0.3 is 24.3 Å².